The molecule has 7 heteroatoms. The summed E-state index contributed by atoms with van der Waals surface area (Å²) < 4.78 is 0. The Morgan fingerprint density at radius 3 is 2.64 bits per heavy atom. The highest BCUT2D eigenvalue weighted by atomic mass is 16.2. The van der Waals surface area contributed by atoms with Gasteiger partial charge in [0.2, 0.25) is 5.91 Å². The number of aromatic nitrogens is 2. The van der Waals surface area contributed by atoms with Gasteiger partial charge < -0.3 is 4.98 Å². The number of H-pyrrole nitrogens is 2. The van der Waals surface area contributed by atoms with Crippen molar-refractivity contribution in [3.63, 3.8) is 0 Å². The highest BCUT2D eigenvalue weighted by Crippen LogP contribution is 2.03. The second-order valence-electron chi connectivity index (χ2n) is 4.84. The van der Waals surface area contributed by atoms with Crippen molar-refractivity contribution < 1.29 is 4.79 Å². The molecule has 1 aromatic heterocycles. The van der Waals surface area contributed by atoms with Crippen molar-refractivity contribution in [1.29, 1.82) is 0 Å². The van der Waals surface area contributed by atoms with E-state index in [9.17, 15) is 14.4 Å². The summed E-state index contributed by atoms with van der Waals surface area (Å²) in [6.07, 6.45) is 1.38. The maximum Gasteiger partial charge on any atom is 0.325 e. The topological polar surface area (TPSA) is 107 Å². The summed E-state index contributed by atoms with van der Waals surface area (Å²) in [5, 5.41) is 3.87. The summed E-state index contributed by atoms with van der Waals surface area (Å²) in [6.45, 7) is 3.50. The minimum absolute atomic E-state index is 0.164. The first-order valence-electron chi connectivity index (χ1n) is 6.67. The minimum atomic E-state index is -0.593. The molecule has 2 aromatic rings. The molecule has 0 bridgehead atoms. The Morgan fingerprint density at radius 2 is 1.95 bits per heavy atom. The molecule has 114 valence electrons. The maximum atomic E-state index is 11.8. The van der Waals surface area contributed by atoms with Crippen molar-refractivity contribution in [3.8, 4) is 0 Å². The lowest BCUT2D eigenvalue weighted by Crippen LogP contribution is -2.30. The number of rotatable bonds is 4. The number of carbonyl (C=O) groups excluding carboxylic acids is 1. The summed E-state index contributed by atoms with van der Waals surface area (Å²) in [6, 6.07) is 7.60. The van der Waals surface area contributed by atoms with Crippen molar-refractivity contribution in [2.24, 2.45) is 5.10 Å². The Bertz CT molecular complexity index is 833. The van der Waals surface area contributed by atoms with E-state index in [2.05, 4.69) is 20.5 Å². The van der Waals surface area contributed by atoms with Crippen LogP contribution in [0.5, 0.6) is 0 Å². The second-order valence-corrected chi connectivity index (χ2v) is 4.84. The molecule has 1 amide bonds. The Hall–Kier alpha value is -2.96. The first-order valence-corrected chi connectivity index (χ1v) is 6.67. The summed E-state index contributed by atoms with van der Waals surface area (Å²) in [7, 11) is 0. The molecule has 0 saturated heterocycles. The molecule has 7 nitrogen and oxygen atoms in total. The first kappa shape index (κ1) is 15.4. The van der Waals surface area contributed by atoms with Gasteiger partial charge in [0.25, 0.3) is 5.56 Å². The molecule has 0 aliphatic rings. The van der Waals surface area contributed by atoms with Gasteiger partial charge in [-0.2, -0.15) is 5.10 Å². The highest BCUT2D eigenvalue weighted by Gasteiger charge is 2.10. The van der Waals surface area contributed by atoms with E-state index in [0.29, 0.717) is 5.69 Å². The minimum Gasteiger partial charge on any atom is -0.311 e. The molecular formula is C15H16N4O3. The van der Waals surface area contributed by atoms with Gasteiger partial charge >= 0.3 is 5.69 Å². The monoisotopic (exact) mass is 300 g/mol. The quantitative estimate of drug-likeness (QED) is 0.561. The molecule has 0 fully saturated rings. The third-order valence-corrected chi connectivity index (χ3v) is 3.17. The molecule has 3 N–H and O–H groups in total. The predicted molar refractivity (Wildman–Crippen MR) is 83.0 cm³/mol. The van der Waals surface area contributed by atoms with Gasteiger partial charge in [0, 0.05) is 11.3 Å². The average Bonchev–Trinajstić information content (AvgIpc) is 2.45. The third kappa shape index (κ3) is 3.78. The average molecular weight is 300 g/mol. The predicted octanol–water partition coefficient (Wildman–Crippen LogP) is 0.373. The molecule has 0 aliphatic carbocycles. The molecule has 0 unspecified atom stereocenters. The number of benzene rings is 1. The Labute approximate surface area is 126 Å². The molecule has 0 saturated carbocycles. The number of aromatic amines is 2. The molecule has 0 aliphatic heterocycles. The molecule has 1 aromatic carbocycles. The van der Waals surface area contributed by atoms with Gasteiger partial charge in [-0.25, -0.2) is 10.2 Å². The van der Waals surface area contributed by atoms with Gasteiger partial charge in [0.05, 0.1) is 12.6 Å². The van der Waals surface area contributed by atoms with Crippen LogP contribution in [0.25, 0.3) is 0 Å². The Morgan fingerprint density at radius 1 is 1.23 bits per heavy atom. The Balaban J connectivity index is 2.04. The van der Waals surface area contributed by atoms with Crippen molar-refractivity contribution in [2.75, 3.05) is 0 Å². The molecule has 0 atom stereocenters. The third-order valence-electron chi connectivity index (χ3n) is 3.17. The van der Waals surface area contributed by atoms with Crippen LogP contribution in [0.2, 0.25) is 0 Å². The van der Waals surface area contributed by atoms with Crippen molar-refractivity contribution in [2.45, 2.75) is 20.3 Å². The smallest absolute Gasteiger partial charge is 0.311 e. The number of amides is 1. The van der Waals surface area contributed by atoms with Gasteiger partial charge in [0.15, 0.2) is 0 Å². The maximum absolute atomic E-state index is 11.8. The summed E-state index contributed by atoms with van der Waals surface area (Å²) in [5.74, 6) is -0.439. The zero-order valence-electron chi connectivity index (χ0n) is 12.3. The van der Waals surface area contributed by atoms with Crippen LogP contribution in [0.15, 0.2) is 39.0 Å². The van der Waals surface area contributed by atoms with Gasteiger partial charge in [-0.1, -0.05) is 24.3 Å². The van der Waals surface area contributed by atoms with Crippen LogP contribution in [0.4, 0.5) is 0 Å². The summed E-state index contributed by atoms with van der Waals surface area (Å²) in [5.41, 5.74) is 3.70. The van der Waals surface area contributed by atoms with Gasteiger partial charge in [-0.3, -0.25) is 14.6 Å². The summed E-state index contributed by atoms with van der Waals surface area (Å²) in [4.78, 5) is 39.1. The van der Waals surface area contributed by atoms with Crippen LogP contribution in [0.3, 0.4) is 0 Å². The SMILES string of the molecule is Cc1ccccc1/C=N\NC(=O)Cc1c(C)[nH]c(=O)[nH]c1=O. The van der Waals surface area contributed by atoms with Crippen LogP contribution in [-0.4, -0.2) is 22.1 Å². The van der Waals surface area contributed by atoms with E-state index >= 15 is 0 Å². The van der Waals surface area contributed by atoms with Crippen molar-refractivity contribution >= 4 is 12.1 Å². The van der Waals surface area contributed by atoms with Crippen LogP contribution < -0.4 is 16.7 Å². The molecule has 0 spiro atoms. The fraction of sp³-hybridized carbons (Fsp3) is 0.200. The fourth-order valence-electron chi connectivity index (χ4n) is 1.94. The van der Waals surface area contributed by atoms with E-state index in [0.717, 1.165) is 11.1 Å². The van der Waals surface area contributed by atoms with E-state index in [1.165, 1.54) is 6.21 Å². The number of nitrogens with one attached hydrogen (secondary N) is 3. The standard InChI is InChI=1S/C15H16N4O3/c1-9-5-3-4-6-11(9)8-16-19-13(20)7-12-10(2)17-15(22)18-14(12)21/h3-6,8H,7H2,1-2H3,(H,19,20)(H2,17,18,21,22)/b16-8-. The van der Waals surface area contributed by atoms with E-state index in [-0.39, 0.29) is 12.0 Å². The van der Waals surface area contributed by atoms with Crippen molar-refractivity contribution in [3.05, 3.63) is 67.5 Å². The van der Waals surface area contributed by atoms with E-state index in [1.54, 1.807) is 6.92 Å². The number of aryl methyl sites for hydroxylation is 2. The highest BCUT2D eigenvalue weighted by molar-refractivity contribution is 5.84. The van der Waals surface area contributed by atoms with E-state index < -0.39 is 17.2 Å². The van der Waals surface area contributed by atoms with Crippen LogP contribution in [-0.2, 0) is 11.2 Å². The lowest BCUT2D eigenvalue weighted by molar-refractivity contribution is -0.120. The van der Waals surface area contributed by atoms with Gasteiger partial charge in [-0.05, 0) is 25.0 Å². The summed E-state index contributed by atoms with van der Waals surface area (Å²) >= 11 is 0. The second kappa shape index (κ2) is 6.66. The van der Waals surface area contributed by atoms with Crippen LogP contribution in [0.1, 0.15) is 22.4 Å². The zero-order chi connectivity index (χ0) is 16.1. The van der Waals surface area contributed by atoms with E-state index in [4.69, 9.17) is 0 Å². The Kier molecular flexibility index (Phi) is 4.67. The van der Waals surface area contributed by atoms with Crippen LogP contribution >= 0.6 is 0 Å². The first-order chi connectivity index (χ1) is 10.5. The lowest BCUT2D eigenvalue weighted by Gasteiger charge is -2.03. The number of carbonyl (C=O) groups is 1. The molecule has 0 radical (unpaired) electrons. The van der Waals surface area contributed by atoms with Crippen LogP contribution in [0, 0.1) is 13.8 Å². The molecular weight excluding hydrogens is 284 g/mol. The molecule has 22 heavy (non-hydrogen) atoms. The number of hydrogen-bond acceptors (Lipinski definition) is 4. The molecule has 1 heterocycles. The largest absolute Gasteiger partial charge is 0.325 e. The van der Waals surface area contributed by atoms with Gasteiger partial charge in [-0.15, -0.1) is 0 Å². The number of hydrazone groups is 1. The van der Waals surface area contributed by atoms with E-state index in [1.807, 2.05) is 31.2 Å². The van der Waals surface area contributed by atoms with Crippen molar-refractivity contribution in [1.82, 2.24) is 15.4 Å². The normalized spacial score (nSPS) is 10.8. The number of nitrogens with zero attached hydrogens (tertiary/aromatic N) is 1. The molecule has 2 rings (SSSR count). The number of hydrogen-bond donors (Lipinski definition) is 3. The lowest BCUT2D eigenvalue weighted by atomic mass is 10.1. The fourth-order valence-corrected chi connectivity index (χ4v) is 1.94. The zero-order valence-corrected chi connectivity index (χ0v) is 12.3. The van der Waals surface area contributed by atoms with Gasteiger partial charge in [0.1, 0.15) is 0 Å².